The summed E-state index contributed by atoms with van der Waals surface area (Å²) in [5.74, 6) is 0.0930. The van der Waals surface area contributed by atoms with Gasteiger partial charge in [0.05, 0.1) is 0 Å². The second-order valence-electron chi connectivity index (χ2n) is 5.12. The molecule has 0 saturated heterocycles. The molecule has 0 aliphatic heterocycles. The van der Waals surface area contributed by atoms with Crippen molar-refractivity contribution in [1.29, 1.82) is 5.41 Å². The van der Waals surface area contributed by atoms with E-state index in [4.69, 9.17) is 16.1 Å². The van der Waals surface area contributed by atoms with Crippen LogP contribution in [0.5, 0.6) is 0 Å². The topological polar surface area (TPSA) is 62.8 Å². The number of aromatic nitrogens is 1. The maximum absolute atomic E-state index is 7.81. The molecule has 21 heavy (non-hydrogen) atoms. The molecular weight excluding hydrogens is 346 g/mol. The number of amidine groups is 1. The molecule has 1 aliphatic carbocycles. The van der Waals surface area contributed by atoms with Gasteiger partial charge in [-0.25, -0.2) is 4.98 Å². The Hall–Kier alpha value is -1.33. The standard InChI is InChI=1S/C16H16BrN3S/c17-11-5-7-12(8-6-11)21-16-13(15(18)19)9-10-3-1-2-4-14(10)20-16/h5-9H,1-4H2,(H3,18,19). The zero-order chi connectivity index (χ0) is 14.8. The minimum Gasteiger partial charge on any atom is -0.384 e. The van der Waals surface area contributed by atoms with E-state index in [1.807, 2.05) is 24.3 Å². The number of halogens is 1. The first kappa shape index (κ1) is 14.6. The molecule has 0 saturated carbocycles. The van der Waals surface area contributed by atoms with Crippen molar-refractivity contribution in [2.45, 2.75) is 35.6 Å². The van der Waals surface area contributed by atoms with Crippen LogP contribution in [0.2, 0.25) is 0 Å². The van der Waals surface area contributed by atoms with Crippen LogP contribution in [0, 0.1) is 5.41 Å². The van der Waals surface area contributed by atoms with Gasteiger partial charge in [-0.2, -0.15) is 0 Å². The van der Waals surface area contributed by atoms with Gasteiger partial charge in [0.2, 0.25) is 0 Å². The van der Waals surface area contributed by atoms with E-state index in [9.17, 15) is 0 Å². The number of hydrogen-bond acceptors (Lipinski definition) is 3. The van der Waals surface area contributed by atoms with E-state index in [0.717, 1.165) is 32.8 Å². The Balaban J connectivity index is 1.99. The smallest absolute Gasteiger partial charge is 0.125 e. The summed E-state index contributed by atoms with van der Waals surface area (Å²) in [5, 5.41) is 8.65. The molecule has 108 valence electrons. The number of nitrogens with two attached hydrogens (primary N) is 1. The average Bonchev–Trinajstić information content (AvgIpc) is 2.48. The average molecular weight is 362 g/mol. The number of pyridine rings is 1. The Morgan fingerprint density at radius 1 is 1.19 bits per heavy atom. The lowest BCUT2D eigenvalue weighted by Gasteiger charge is -2.18. The van der Waals surface area contributed by atoms with Crippen LogP contribution in [0.15, 0.2) is 44.7 Å². The van der Waals surface area contributed by atoms with E-state index in [1.165, 1.54) is 24.1 Å². The fourth-order valence-electron chi connectivity index (χ4n) is 2.50. The third-order valence-electron chi connectivity index (χ3n) is 3.58. The lowest BCUT2D eigenvalue weighted by atomic mass is 9.95. The lowest BCUT2D eigenvalue weighted by molar-refractivity contribution is 0.660. The van der Waals surface area contributed by atoms with E-state index in [0.29, 0.717) is 0 Å². The Bertz CT molecular complexity index is 683. The minimum absolute atomic E-state index is 0.0930. The van der Waals surface area contributed by atoms with Crippen LogP contribution in [0.3, 0.4) is 0 Å². The second-order valence-corrected chi connectivity index (χ2v) is 7.10. The van der Waals surface area contributed by atoms with Crippen LogP contribution >= 0.6 is 27.7 Å². The Morgan fingerprint density at radius 3 is 2.62 bits per heavy atom. The summed E-state index contributed by atoms with van der Waals surface area (Å²) in [6, 6.07) is 10.2. The zero-order valence-electron chi connectivity index (χ0n) is 11.5. The van der Waals surface area contributed by atoms with Crippen LogP contribution in [-0.4, -0.2) is 10.8 Å². The highest BCUT2D eigenvalue weighted by Gasteiger charge is 2.17. The van der Waals surface area contributed by atoms with Crippen molar-refractivity contribution < 1.29 is 0 Å². The van der Waals surface area contributed by atoms with E-state index < -0.39 is 0 Å². The minimum atomic E-state index is 0.0930. The van der Waals surface area contributed by atoms with E-state index in [1.54, 1.807) is 11.8 Å². The molecule has 0 unspecified atom stereocenters. The predicted molar refractivity (Wildman–Crippen MR) is 90.2 cm³/mol. The number of fused-ring (bicyclic) bond motifs is 1. The molecule has 1 aromatic heterocycles. The Labute approximate surface area is 137 Å². The summed E-state index contributed by atoms with van der Waals surface area (Å²) in [4.78, 5) is 5.88. The highest BCUT2D eigenvalue weighted by Crippen LogP contribution is 2.32. The van der Waals surface area contributed by atoms with Crippen LogP contribution in [0.4, 0.5) is 0 Å². The molecule has 1 heterocycles. The van der Waals surface area contributed by atoms with E-state index in [-0.39, 0.29) is 5.84 Å². The summed E-state index contributed by atoms with van der Waals surface area (Å²) < 4.78 is 1.05. The van der Waals surface area contributed by atoms with Gasteiger partial charge >= 0.3 is 0 Å². The molecular formula is C16H16BrN3S. The Morgan fingerprint density at radius 2 is 1.90 bits per heavy atom. The quantitative estimate of drug-likeness (QED) is 0.637. The molecule has 1 aromatic carbocycles. The molecule has 0 fully saturated rings. The Kier molecular flexibility index (Phi) is 4.31. The molecule has 0 amide bonds. The van der Waals surface area contributed by atoms with Gasteiger partial charge in [-0.3, -0.25) is 5.41 Å². The molecule has 1 aliphatic rings. The first-order valence-electron chi connectivity index (χ1n) is 6.94. The maximum atomic E-state index is 7.81. The van der Waals surface area contributed by atoms with Gasteiger partial charge < -0.3 is 5.73 Å². The number of benzene rings is 1. The van der Waals surface area contributed by atoms with Crippen molar-refractivity contribution >= 4 is 33.5 Å². The van der Waals surface area contributed by atoms with Gasteiger partial charge in [0, 0.05) is 20.6 Å². The second kappa shape index (κ2) is 6.20. The molecule has 0 bridgehead atoms. The van der Waals surface area contributed by atoms with Gasteiger partial charge in [0.25, 0.3) is 0 Å². The molecule has 2 aromatic rings. The van der Waals surface area contributed by atoms with Gasteiger partial charge in [-0.1, -0.05) is 27.7 Å². The summed E-state index contributed by atoms with van der Waals surface area (Å²) in [6.07, 6.45) is 4.47. The van der Waals surface area contributed by atoms with Gasteiger partial charge in [-0.15, -0.1) is 0 Å². The van der Waals surface area contributed by atoms with Gasteiger partial charge in [0.1, 0.15) is 10.9 Å². The fraction of sp³-hybridized carbons (Fsp3) is 0.250. The molecule has 3 rings (SSSR count). The molecule has 5 heteroatoms. The number of aryl methyl sites for hydroxylation is 2. The summed E-state index contributed by atoms with van der Waals surface area (Å²) in [5.41, 5.74) is 8.93. The third-order valence-corrected chi connectivity index (χ3v) is 5.13. The molecule has 0 spiro atoms. The summed E-state index contributed by atoms with van der Waals surface area (Å²) >= 11 is 5.01. The number of rotatable bonds is 3. The summed E-state index contributed by atoms with van der Waals surface area (Å²) in [7, 11) is 0. The van der Waals surface area contributed by atoms with Crippen molar-refractivity contribution in [3.8, 4) is 0 Å². The van der Waals surface area contributed by atoms with Crippen molar-refractivity contribution in [3.63, 3.8) is 0 Å². The number of nitrogens with zero attached hydrogens (tertiary/aromatic N) is 1. The first-order chi connectivity index (χ1) is 10.1. The van der Waals surface area contributed by atoms with Crippen LogP contribution in [-0.2, 0) is 12.8 Å². The van der Waals surface area contributed by atoms with Crippen LogP contribution in [0.25, 0.3) is 0 Å². The molecule has 3 N–H and O–H groups in total. The van der Waals surface area contributed by atoms with Gasteiger partial charge in [0.15, 0.2) is 0 Å². The van der Waals surface area contributed by atoms with E-state index >= 15 is 0 Å². The number of hydrogen-bond donors (Lipinski definition) is 2. The first-order valence-corrected chi connectivity index (χ1v) is 8.55. The molecule has 0 atom stereocenters. The maximum Gasteiger partial charge on any atom is 0.125 e. The van der Waals surface area contributed by atoms with Crippen molar-refractivity contribution in [1.82, 2.24) is 4.98 Å². The SMILES string of the molecule is N=C(N)c1cc2c(nc1Sc1ccc(Br)cc1)CCCC2. The number of nitrogens with one attached hydrogen (secondary N) is 1. The van der Waals surface area contributed by atoms with Crippen LogP contribution in [0.1, 0.15) is 29.7 Å². The molecule has 3 nitrogen and oxygen atoms in total. The van der Waals surface area contributed by atoms with Gasteiger partial charge in [-0.05, 0) is 61.6 Å². The largest absolute Gasteiger partial charge is 0.384 e. The normalized spacial score (nSPS) is 13.8. The zero-order valence-corrected chi connectivity index (χ0v) is 13.9. The monoisotopic (exact) mass is 361 g/mol. The fourth-order valence-corrected chi connectivity index (χ4v) is 3.69. The highest BCUT2D eigenvalue weighted by atomic mass is 79.9. The summed E-state index contributed by atoms with van der Waals surface area (Å²) in [6.45, 7) is 0. The van der Waals surface area contributed by atoms with Crippen molar-refractivity contribution in [3.05, 3.63) is 51.6 Å². The van der Waals surface area contributed by atoms with Crippen molar-refractivity contribution in [2.75, 3.05) is 0 Å². The number of nitrogen functional groups attached to an aromatic ring is 1. The highest BCUT2D eigenvalue weighted by molar-refractivity contribution is 9.10. The predicted octanol–water partition coefficient (Wildman–Crippen LogP) is 4.16. The van der Waals surface area contributed by atoms with Crippen molar-refractivity contribution in [2.24, 2.45) is 5.73 Å². The third kappa shape index (κ3) is 3.30. The van der Waals surface area contributed by atoms with E-state index in [2.05, 4.69) is 22.0 Å². The van der Waals surface area contributed by atoms with Crippen LogP contribution < -0.4 is 5.73 Å². The molecule has 0 radical (unpaired) electrons. The lowest BCUT2D eigenvalue weighted by Crippen LogP contribution is -2.16.